The number of hydrogen-bond acceptors (Lipinski definition) is 6. The Hall–Kier alpha value is -3.22. The van der Waals surface area contributed by atoms with Gasteiger partial charge in [-0.2, -0.15) is 0 Å². The molecule has 2 rings (SSSR count). The predicted octanol–water partition coefficient (Wildman–Crippen LogP) is 3.61. The van der Waals surface area contributed by atoms with Crippen molar-refractivity contribution >= 4 is 17.6 Å². The zero-order chi connectivity index (χ0) is 21.2. The number of nitrogens with one attached hydrogen (secondary N) is 1. The molecule has 0 bridgehead atoms. The standard InChI is InChI=1S/C22H27NO6/c1-5-28-18-9-7-6-8-16(18)10-13-21(24)29-15(2)22(25)23-17-11-12-19(26-3)20(14-17)27-4/h6-9,11-12,14-15H,5,10,13H2,1-4H3,(H,23,25)/t15-/m1/s1. The molecular weight excluding hydrogens is 374 g/mol. The lowest BCUT2D eigenvalue weighted by molar-refractivity contribution is -0.153. The molecule has 1 atom stereocenters. The first-order valence-corrected chi connectivity index (χ1v) is 9.41. The van der Waals surface area contributed by atoms with Crippen molar-refractivity contribution in [1.29, 1.82) is 0 Å². The molecule has 0 aliphatic carbocycles. The number of anilines is 1. The highest BCUT2D eigenvalue weighted by molar-refractivity contribution is 5.95. The maximum absolute atomic E-state index is 12.3. The van der Waals surface area contributed by atoms with Crippen molar-refractivity contribution in [3.63, 3.8) is 0 Å². The van der Waals surface area contributed by atoms with Crippen molar-refractivity contribution in [2.45, 2.75) is 32.8 Å². The molecule has 1 N–H and O–H groups in total. The number of esters is 1. The van der Waals surface area contributed by atoms with E-state index in [2.05, 4.69) is 5.32 Å². The molecule has 0 saturated heterocycles. The normalized spacial score (nSPS) is 11.3. The van der Waals surface area contributed by atoms with E-state index in [0.29, 0.717) is 30.2 Å². The Morgan fingerprint density at radius 2 is 1.72 bits per heavy atom. The molecule has 0 aliphatic heterocycles. The fourth-order valence-electron chi connectivity index (χ4n) is 2.71. The number of carbonyl (C=O) groups is 2. The van der Waals surface area contributed by atoms with Gasteiger partial charge < -0.3 is 24.3 Å². The molecule has 1 amide bonds. The van der Waals surface area contributed by atoms with Gasteiger partial charge in [-0.1, -0.05) is 18.2 Å². The molecule has 156 valence electrons. The van der Waals surface area contributed by atoms with Crippen LogP contribution in [-0.4, -0.2) is 38.8 Å². The fourth-order valence-corrected chi connectivity index (χ4v) is 2.71. The first kappa shape index (κ1) is 22.1. The first-order chi connectivity index (χ1) is 14.0. The van der Waals surface area contributed by atoms with E-state index in [0.717, 1.165) is 11.3 Å². The Kier molecular flexibility index (Phi) is 8.33. The van der Waals surface area contributed by atoms with Crippen LogP contribution in [0.4, 0.5) is 5.69 Å². The number of carbonyl (C=O) groups excluding carboxylic acids is 2. The average Bonchev–Trinajstić information content (AvgIpc) is 2.73. The molecule has 0 aliphatic rings. The highest BCUT2D eigenvalue weighted by Gasteiger charge is 2.19. The zero-order valence-electron chi connectivity index (χ0n) is 17.2. The Labute approximate surface area is 170 Å². The molecule has 0 radical (unpaired) electrons. The van der Waals surface area contributed by atoms with Gasteiger partial charge in [-0.15, -0.1) is 0 Å². The molecule has 7 nitrogen and oxygen atoms in total. The summed E-state index contributed by atoms with van der Waals surface area (Å²) >= 11 is 0. The quantitative estimate of drug-likeness (QED) is 0.613. The second-order valence-electron chi connectivity index (χ2n) is 6.23. The van der Waals surface area contributed by atoms with Crippen LogP contribution in [0.3, 0.4) is 0 Å². The molecule has 29 heavy (non-hydrogen) atoms. The molecular formula is C22H27NO6. The van der Waals surface area contributed by atoms with Gasteiger partial charge in [-0.3, -0.25) is 9.59 Å². The lowest BCUT2D eigenvalue weighted by Gasteiger charge is -2.15. The minimum atomic E-state index is -0.933. The van der Waals surface area contributed by atoms with Crippen LogP contribution < -0.4 is 19.5 Å². The molecule has 2 aromatic rings. The maximum Gasteiger partial charge on any atom is 0.306 e. The summed E-state index contributed by atoms with van der Waals surface area (Å²) in [5.41, 5.74) is 1.44. The summed E-state index contributed by atoms with van der Waals surface area (Å²) in [4.78, 5) is 24.5. The maximum atomic E-state index is 12.3. The van der Waals surface area contributed by atoms with Crippen molar-refractivity contribution in [1.82, 2.24) is 0 Å². The van der Waals surface area contributed by atoms with Crippen LogP contribution in [0, 0.1) is 0 Å². The topological polar surface area (TPSA) is 83.1 Å². The number of para-hydroxylation sites is 1. The number of hydrogen-bond donors (Lipinski definition) is 1. The first-order valence-electron chi connectivity index (χ1n) is 9.41. The number of methoxy groups -OCH3 is 2. The highest BCUT2D eigenvalue weighted by atomic mass is 16.5. The second-order valence-corrected chi connectivity index (χ2v) is 6.23. The number of aryl methyl sites for hydroxylation is 1. The van der Waals surface area contributed by atoms with Crippen LogP contribution in [0.25, 0.3) is 0 Å². The van der Waals surface area contributed by atoms with Crippen LogP contribution in [0.5, 0.6) is 17.2 Å². The molecule has 0 aromatic heterocycles. The van der Waals surface area contributed by atoms with E-state index < -0.39 is 18.0 Å². The summed E-state index contributed by atoms with van der Waals surface area (Å²) in [6, 6.07) is 12.5. The van der Waals surface area contributed by atoms with Crippen LogP contribution in [0.2, 0.25) is 0 Å². The largest absolute Gasteiger partial charge is 0.494 e. The monoisotopic (exact) mass is 401 g/mol. The van der Waals surface area contributed by atoms with Gasteiger partial charge in [0.25, 0.3) is 5.91 Å². The van der Waals surface area contributed by atoms with Gasteiger partial charge in [0.05, 0.1) is 20.8 Å². The summed E-state index contributed by atoms with van der Waals surface area (Å²) in [5, 5.41) is 2.70. The highest BCUT2D eigenvalue weighted by Crippen LogP contribution is 2.29. The molecule has 0 fully saturated rings. The number of benzene rings is 2. The van der Waals surface area contributed by atoms with Gasteiger partial charge in [0, 0.05) is 18.2 Å². The van der Waals surface area contributed by atoms with Gasteiger partial charge >= 0.3 is 5.97 Å². The van der Waals surface area contributed by atoms with E-state index >= 15 is 0 Å². The summed E-state index contributed by atoms with van der Waals surface area (Å²) in [7, 11) is 3.04. The number of amides is 1. The van der Waals surface area contributed by atoms with E-state index in [1.807, 2.05) is 31.2 Å². The van der Waals surface area contributed by atoms with Gasteiger partial charge in [-0.25, -0.2) is 0 Å². The average molecular weight is 401 g/mol. The molecule has 0 unspecified atom stereocenters. The summed E-state index contributed by atoms with van der Waals surface area (Å²) in [5.74, 6) is 0.911. The van der Waals surface area contributed by atoms with Crippen molar-refractivity contribution in [2.75, 3.05) is 26.1 Å². The van der Waals surface area contributed by atoms with Crippen LogP contribution in [0.15, 0.2) is 42.5 Å². The Bertz CT molecular complexity index is 836. The Morgan fingerprint density at radius 1 is 1.00 bits per heavy atom. The van der Waals surface area contributed by atoms with Gasteiger partial charge in [0.2, 0.25) is 0 Å². The van der Waals surface area contributed by atoms with Crippen LogP contribution in [-0.2, 0) is 20.7 Å². The number of ether oxygens (including phenoxy) is 4. The van der Waals surface area contributed by atoms with E-state index in [4.69, 9.17) is 18.9 Å². The van der Waals surface area contributed by atoms with E-state index in [-0.39, 0.29) is 6.42 Å². The minimum Gasteiger partial charge on any atom is -0.494 e. The third kappa shape index (κ3) is 6.41. The summed E-state index contributed by atoms with van der Waals surface area (Å²) < 4.78 is 21.2. The molecule has 2 aromatic carbocycles. The molecule has 0 saturated carbocycles. The van der Waals surface area contributed by atoms with E-state index in [1.54, 1.807) is 18.2 Å². The smallest absolute Gasteiger partial charge is 0.306 e. The molecule has 0 heterocycles. The van der Waals surface area contributed by atoms with Gasteiger partial charge in [0.1, 0.15) is 5.75 Å². The van der Waals surface area contributed by atoms with E-state index in [9.17, 15) is 9.59 Å². The third-order valence-corrected chi connectivity index (χ3v) is 4.20. The third-order valence-electron chi connectivity index (χ3n) is 4.20. The SMILES string of the molecule is CCOc1ccccc1CCC(=O)O[C@H](C)C(=O)Nc1ccc(OC)c(OC)c1. The minimum absolute atomic E-state index is 0.151. The second kappa shape index (κ2) is 10.9. The lowest BCUT2D eigenvalue weighted by Crippen LogP contribution is -2.30. The number of rotatable bonds is 10. The van der Waals surface area contributed by atoms with E-state index in [1.165, 1.54) is 21.1 Å². The van der Waals surface area contributed by atoms with Crippen LogP contribution >= 0.6 is 0 Å². The molecule has 0 spiro atoms. The summed E-state index contributed by atoms with van der Waals surface area (Å²) in [6.45, 7) is 3.99. The van der Waals surface area contributed by atoms with Crippen molar-refractivity contribution < 1.29 is 28.5 Å². The lowest BCUT2D eigenvalue weighted by atomic mass is 10.1. The Balaban J connectivity index is 1.88. The fraction of sp³-hybridized carbons (Fsp3) is 0.364. The van der Waals surface area contributed by atoms with Gasteiger partial charge in [0.15, 0.2) is 17.6 Å². The van der Waals surface area contributed by atoms with Gasteiger partial charge in [-0.05, 0) is 44.0 Å². The van der Waals surface area contributed by atoms with Crippen molar-refractivity contribution in [2.24, 2.45) is 0 Å². The zero-order valence-corrected chi connectivity index (χ0v) is 17.2. The summed E-state index contributed by atoms with van der Waals surface area (Å²) in [6.07, 6.45) is -0.311. The molecule has 7 heteroatoms. The van der Waals surface area contributed by atoms with Crippen molar-refractivity contribution in [3.8, 4) is 17.2 Å². The van der Waals surface area contributed by atoms with Crippen LogP contribution in [0.1, 0.15) is 25.8 Å². The van der Waals surface area contributed by atoms with Crippen molar-refractivity contribution in [3.05, 3.63) is 48.0 Å². The predicted molar refractivity (Wildman–Crippen MR) is 110 cm³/mol. The Morgan fingerprint density at radius 3 is 2.41 bits per heavy atom.